The van der Waals surface area contributed by atoms with Gasteiger partial charge >= 0.3 is 0 Å². The molecule has 28 heavy (non-hydrogen) atoms. The van der Waals surface area contributed by atoms with Gasteiger partial charge in [-0.25, -0.2) is 4.39 Å². The van der Waals surface area contributed by atoms with Crippen molar-refractivity contribution in [3.63, 3.8) is 0 Å². The Kier molecular flexibility index (Phi) is 4.57. The van der Waals surface area contributed by atoms with Gasteiger partial charge in [-0.15, -0.1) is 0 Å². The molecule has 3 aromatic carbocycles. The largest absolute Gasteiger partial charge is 0.283 e. The molecule has 0 saturated heterocycles. The van der Waals surface area contributed by atoms with Crippen LogP contribution >= 0.6 is 0 Å². The summed E-state index contributed by atoms with van der Waals surface area (Å²) in [4.78, 5) is 0.0957. The predicted octanol–water partition coefficient (Wildman–Crippen LogP) is 4.90. The Labute approximate surface area is 163 Å². The molecule has 0 atom stereocenters. The lowest BCUT2D eigenvalue weighted by atomic mass is 10.1. The number of nitrogens with zero attached hydrogens (tertiary/aromatic N) is 2. The highest BCUT2D eigenvalue weighted by Crippen LogP contribution is 2.30. The summed E-state index contributed by atoms with van der Waals surface area (Å²) in [5.74, 6) is -0.512. The Hall–Kier alpha value is -3.25. The Morgan fingerprint density at radius 2 is 1.50 bits per heavy atom. The van der Waals surface area contributed by atoms with Crippen LogP contribution in [0, 0.1) is 12.7 Å². The fourth-order valence-electron chi connectivity index (χ4n) is 2.96. The first kappa shape index (κ1) is 18.1. The standard InChI is InChI=1S/C22H17FN2O2S/c1-16-11-13-18(14-12-16)28(26,27)25-22(19-9-5-6-10-20(19)23)15-21(24-25)17-7-3-2-4-8-17/h2-15H,1H3. The maximum absolute atomic E-state index is 14.5. The van der Waals surface area contributed by atoms with Crippen LogP contribution < -0.4 is 0 Å². The van der Waals surface area contributed by atoms with E-state index in [-0.39, 0.29) is 16.2 Å². The molecule has 0 aliphatic rings. The summed E-state index contributed by atoms with van der Waals surface area (Å²) in [5.41, 5.74) is 2.50. The van der Waals surface area contributed by atoms with Gasteiger partial charge in [-0.1, -0.05) is 60.2 Å². The van der Waals surface area contributed by atoms with E-state index in [1.54, 1.807) is 36.4 Å². The number of aromatic nitrogens is 2. The van der Waals surface area contributed by atoms with E-state index >= 15 is 0 Å². The smallest absolute Gasteiger partial charge is 0.206 e. The highest BCUT2D eigenvalue weighted by Gasteiger charge is 2.25. The molecular formula is C22H17FN2O2S. The van der Waals surface area contributed by atoms with Gasteiger partial charge in [0.05, 0.1) is 16.3 Å². The third-order valence-corrected chi connectivity index (χ3v) is 6.05. The van der Waals surface area contributed by atoms with Gasteiger partial charge in [0.15, 0.2) is 0 Å². The fraction of sp³-hybridized carbons (Fsp3) is 0.0455. The lowest BCUT2D eigenvalue weighted by molar-refractivity contribution is 0.580. The molecule has 0 spiro atoms. The maximum atomic E-state index is 14.5. The van der Waals surface area contributed by atoms with Crippen molar-refractivity contribution in [2.24, 2.45) is 0 Å². The van der Waals surface area contributed by atoms with E-state index in [0.29, 0.717) is 5.69 Å². The number of halogens is 1. The number of aryl methyl sites for hydroxylation is 1. The number of hydrogen-bond acceptors (Lipinski definition) is 3. The minimum absolute atomic E-state index is 0.0957. The highest BCUT2D eigenvalue weighted by atomic mass is 32.2. The predicted molar refractivity (Wildman–Crippen MR) is 107 cm³/mol. The summed E-state index contributed by atoms with van der Waals surface area (Å²) in [5, 5.41) is 4.33. The molecule has 0 aliphatic heterocycles. The summed E-state index contributed by atoms with van der Waals surface area (Å²) < 4.78 is 41.9. The molecule has 0 fully saturated rings. The third kappa shape index (κ3) is 3.23. The second-order valence-corrected chi connectivity index (χ2v) is 8.19. The zero-order valence-electron chi connectivity index (χ0n) is 15.1. The molecule has 0 bridgehead atoms. The van der Waals surface area contributed by atoms with Crippen molar-refractivity contribution in [1.82, 2.24) is 9.19 Å². The van der Waals surface area contributed by atoms with Gasteiger partial charge < -0.3 is 0 Å². The molecular weight excluding hydrogens is 375 g/mol. The molecule has 0 aliphatic carbocycles. The highest BCUT2D eigenvalue weighted by molar-refractivity contribution is 7.90. The molecule has 0 unspecified atom stereocenters. The van der Waals surface area contributed by atoms with Gasteiger partial charge in [0.1, 0.15) is 5.82 Å². The zero-order valence-corrected chi connectivity index (χ0v) is 15.9. The molecule has 4 rings (SSSR count). The zero-order chi connectivity index (χ0) is 19.7. The summed E-state index contributed by atoms with van der Waals surface area (Å²) in [6.07, 6.45) is 0. The lowest BCUT2D eigenvalue weighted by Crippen LogP contribution is -2.16. The van der Waals surface area contributed by atoms with Gasteiger partial charge in [0.2, 0.25) is 0 Å². The number of hydrogen-bond donors (Lipinski definition) is 0. The average Bonchev–Trinajstić information content (AvgIpc) is 3.15. The summed E-state index contributed by atoms with van der Waals surface area (Å²) in [7, 11) is -4.00. The second-order valence-electron chi connectivity index (χ2n) is 6.42. The summed E-state index contributed by atoms with van der Waals surface area (Å²) in [6.45, 7) is 1.88. The van der Waals surface area contributed by atoms with Crippen LogP contribution in [0.4, 0.5) is 4.39 Å². The van der Waals surface area contributed by atoms with Gasteiger partial charge in [0, 0.05) is 11.1 Å². The van der Waals surface area contributed by atoms with Gasteiger partial charge in [0.25, 0.3) is 10.0 Å². The molecule has 0 saturated carbocycles. The van der Waals surface area contributed by atoms with E-state index in [1.807, 2.05) is 37.3 Å². The minimum Gasteiger partial charge on any atom is -0.206 e. The molecule has 0 N–H and O–H groups in total. The van der Waals surface area contributed by atoms with Crippen LogP contribution in [-0.4, -0.2) is 17.6 Å². The van der Waals surface area contributed by atoms with Crippen LogP contribution in [0.1, 0.15) is 5.56 Å². The molecule has 4 nitrogen and oxygen atoms in total. The quantitative estimate of drug-likeness (QED) is 0.496. The molecule has 4 aromatic rings. The SMILES string of the molecule is Cc1ccc(S(=O)(=O)n2nc(-c3ccccc3)cc2-c2ccccc2F)cc1. The van der Waals surface area contributed by atoms with Gasteiger partial charge in [-0.2, -0.15) is 17.6 Å². The van der Waals surface area contributed by atoms with E-state index in [1.165, 1.54) is 18.2 Å². The van der Waals surface area contributed by atoms with Crippen LogP contribution in [0.25, 0.3) is 22.5 Å². The molecule has 140 valence electrons. The Bertz CT molecular complexity index is 1230. The van der Waals surface area contributed by atoms with Crippen molar-refractivity contribution in [3.8, 4) is 22.5 Å². The average molecular weight is 392 g/mol. The van der Waals surface area contributed by atoms with Gasteiger partial charge in [-0.05, 0) is 37.3 Å². The molecule has 1 heterocycles. The van der Waals surface area contributed by atoms with Crippen LogP contribution in [0.2, 0.25) is 0 Å². The molecule has 6 heteroatoms. The van der Waals surface area contributed by atoms with E-state index in [2.05, 4.69) is 5.10 Å². The normalized spacial score (nSPS) is 11.5. The molecule has 0 amide bonds. The summed E-state index contributed by atoms with van der Waals surface area (Å²) in [6, 6.07) is 23.4. The van der Waals surface area contributed by atoms with Crippen LogP contribution in [-0.2, 0) is 10.0 Å². The first-order chi connectivity index (χ1) is 13.5. The number of benzene rings is 3. The third-order valence-electron chi connectivity index (χ3n) is 4.44. The van der Waals surface area contributed by atoms with Crippen LogP contribution in [0.5, 0.6) is 0 Å². The maximum Gasteiger partial charge on any atom is 0.283 e. The van der Waals surface area contributed by atoms with Crippen LogP contribution in [0.15, 0.2) is 89.8 Å². The minimum atomic E-state index is -4.00. The Morgan fingerprint density at radius 3 is 2.18 bits per heavy atom. The van der Waals surface area contributed by atoms with Crippen molar-refractivity contribution < 1.29 is 12.8 Å². The van der Waals surface area contributed by atoms with Crippen molar-refractivity contribution in [2.75, 3.05) is 0 Å². The van der Waals surface area contributed by atoms with Crippen molar-refractivity contribution >= 4 is 10.0 Å². The first-order valence-corrected chi connectivity index (χ1v) is 10.1. The Morgan fingerprint density at radius 1 is 0.857 bits per heavy atom. The van der Waals surface area contributed by atoms with E-state index in [0.717, 1.165) is 15.2 Å². The van der Waals surface area contributed by atoms with E-state index in [9.17, 15) is 12.8 Å². The fourth-order valence-corrected chi connectivity index (χ4v) is 4.24. The monoisotopic (exact) mass is 392 g/mol. The molecule has 0 radical (unpaired) electrons. The van der Waals surface area contributed by atoms with E-state index < -0.39 is 15.8 Å². The second kappa shape index (κ2) is 7.05. The topological polar surface area (TPSA) is 52.0 Å². The van der Waals surface area contributed by atoms with E-state index in [4.69, 9.17) is 0 Å². The van der Waals surface area contributed by atoms with Crippen molar-refractivity contribution in [1.29, 1.82) is 0 Å². The van der Waals surface area contributed by atoms with Gasteiger partial charge in [-0.3, -0.25) is 0 Å². The Balaban J connectivity index is 1.96. The van der Waals surface area contributed by atoms with Crippen molar-refractivity contribution in [3.05, 3.63) is 96.3 Å². The first-order valence-electron chi connectivity index (χ1n) is 8.69. The van der Waals surface area contributed by atoms with Crippen molar-refractivity contribution in [2.45, 2.75) is 11.8 Å². The molecule has 1 aromatic heterocycles. The lowest BCUT2D eigenvalue weighted by Gasteiger charge is -2.09. The van der Waals surface area contributed by atoms with Crippen LogP contribution in [0.3, 0.4) is 0 Å². The number of rotatable bonds is 4. The summed E-state index contributed by atoms with van der Waals surface area (Å²) >= 11 is 0.